The Hall–Kier alpha value is -2.49. The van der Waals surface area contributed by atoms with Gasteiger partial charge < -0.3 is 14.8 Å². The van der Waals surface area contributed by atoms with Gasteiger partial charge >= 0.3 is 0 Å². The molecule has 4 nitrogen and oxygen atoms in total. The van der Waals surface area contributed by atoms with Crippen molar-refractivity contribution in [2.45, 2.75) is 45.8 Å². The first-order valence-electron chi connectivity index (χ1n) is 8.77. The van der Waals surface area contributed by atoms with Crippen molar-refractivity contribution in [3.05, 3.63) is 59.7 Å². The van der Waals surface area contributed by atoms with Crippen molar-refractivity contribution in [1.29, 1.82) is 0 Å². The van der Waals surface area contributed by atoms with Crippen molar-refractivity contribution < 1.29 is 14.3 Å². The maximum absolute atomic E-state index is 12.5. The Balaban J connectivity index is 1.97. The summed E-state index contributed by atoms with van der Waals surface area (Å²) in [7, 11) is 1.62. The van der Waals surface area contributed by atoms with Crippen LogP contribution in [0.1, 0.15) is 44.4 Å². The summed E-state index contributed by atoms with van der Waals surface area (Å²) >= 11 is 0. The average molecular weight is 341 g/mol. The summed E-state index contributed by atoms with van der Waals surface area (Å²) in [6, 6.07) is 15.5. The van der Waals surface area contributed by atoms with Gasteiger partial charge in [0.2, 0.25) is 0 Å². The van der Waals surface area contributed by atoms with Gasteiger partial charge in [-0.3, -0.25) is 4.79 Å². The third-order valence-corrected chi connectivity index (χ3v) is 4.25. The van der Waals surface area contributed by atoms with E-state index < -0.39 is 6.10 Å². The number of carbonyl (C=O) groups is 1. The fraction of sp³-hybridized carbons (Fsp3) is 0.381. The van der Waals surface area contributed by atoms with Gasteiger partial charge in [0.15, 0.2) is 6.10 Å². The third-order valence-electron chi connectivity index (χ3n) is 4.25. The van der Waals surface area contributed by atoms with Gasteiger partial charge in [-0.15, -0.1) is 0 Å². The number of hydrogen-bond acceptors (Lipinski definition) is 3. The number of ether oxygens (including phenoxy) is 2. The fourth-order valence-electron chi connectivity index (χ4n) is 2.57. The molecule has 4 heteroatoms. The number of nitrogens with one attached hydrogen (secondary N) is 1. The summed E-state index contributed by atoms with van der Waals surface area (Å²) in [6.45, 7) is 6.05. The summed E-state index contributed by atoms with van der Waals surface area (Å²) in [5.41, 5.74) is 2.38. The topological polar surface area (TPSA) is 47.6 Å². The zero-order valence-corrected chi connectivity index (χ0v) is 15.4. The van der Waals surface area contributed by atoms with Crippen LogP contribution < -0.4 is 14.8 Å². The number of carbonyl (C=O) groups excluding carboxylic acids is 1. The average Bonchev–Trinajstić information content (AvgIpc) is 2.66. The van der Waals surface area contributed by atoms with Crippen molar-refractivity contribution in [3.63, 3.8) is 0 Å². The van der Waals surface area contributed by atoms with Crippen LogP contribution in [-0.4, -0.2) is 19.1 Å². The van der Waals surface area contributed by atoms with Gasteiger partial charge in [-0.05, 0) is 55.2 Å². The van der Waals surface area contributed by atoms with Crippen molar-refractivity contribution in [2.75, 3.05) is 7.11 Å². The molecule has 0 saturated carbocycles. The van der Waals surface area contributed by atoms with Crippen LogP contribution in [0.5, 0.6) is 11.5 Å². The molecule has 0 radical (unpaired) electrons. The van der Waals surface area contributed by atoms with Crippen LogP contribution in [0.2, 0.25) is 0 Å². The van der Waals surface area contributed by atoms with E-state index in [1.807, 2.05) is 38.1 Å². The lowest BCUT2D eigenvalue weighted by Crippen LogP contribution is -2.39. The minimum atomic E-state index is -0.522. The summed E-state index contributed by atoms with van der Waals surface area (Å²) in [5.74, 6) is 1.31. The van der Waals surface area contributed by atoms with Crippen molar-refractivity contribution in [1.82, 2.24) is 5.32 Å². The van der Waals surface area contributed by atoms with Crippen molar-refractivity contribution >= 4 is 5.91 Å². The quantitative estimate of drug-likeness (QED) is 0.779. The molecule has 0 fully saturated rings. The van der Waals surface area contributed by atoms with E-state index in [0.717, 1.165) is 17.7 Å². The minimum Gasteiger partial charge on any atom is -0.497 e. The van der Waals surface area contributed by atoms with E-state index in [1.54, 1.807) is 7.11 Å². The lowest BCUT2D eigenvalue weighted by Gasteiger charge is -2.21. The highest BCUT2D eigenvalue weighted by atomic mass is 16.5. The molecule has 0 heterocycles. The molecule has 25 heavy (non-hydrogen) atoms. The molecule has 0 aromatic heterocycles. The van der Waals surface area contributed by atoms with Gasteiger partial charge in [0.05, 0.1) is 13.2 Å². The Bertz CT molecular complexity index is 665. The van der Waals surface area contributed by atoms with Gasteiger partial charge in [-0.1, -0.05) is 38.1 Å². The molecule has 1 N–H and O–H groups in total. The van der Waals surface area contributed by atoms with E-state index in [2.05, 4.69) is 36.5 Å². The standard InChI is InChI=1S/C21H27NO3/c1-5-16-7-9-17(10-8-16)15(3)22-21(23)20(6-2)25-19-13-11-18(24-4)12-14-19/h7-15,20H,5-6H2,1-4H3,(H,22,23)/t15-,20-/m0/s1. The molecule has 0 aliphatic heterocycles. The van der Waals surface area contributed by atoms with Crippen LogP contribution in [-0.2, 0) is 11.2 Å². The van der Waals surface area contributed by atoms with E-state index in [0.29, 0.717) is 12.2 Å². The number of aryl methyl sites for hydroxylation is 1. The largest absolute Gasteiger partial charge is 0.497 e. The van der Waals surface area contributed by atoms with Crippen molar-refractivity contribution in [2.24, 2.45) is 0 Å². The molecule has 2 atom stereocenters. The SMILES string of the molecule is CCc1ccc([C@H](C)NC(=O)[C@H](CC)Oc2ccc(OC)cc2)cc1. The zero-order chi connectivity index (χ0) is 18.2. The maximum Gasteiger partial charge on any atom is 0.261 e. The van der Waals surface area contributed by atoms with Gasteiger partial charge in [0.1, 0.15) is 11.5 Å². The molecule has 0 aliphatic rings. The zero-order valence-electron chi connectivity index (χ0n) is 15.4. The lowest BCUT2D eigenvalue weighted by molar-refractivity contribution is -0.128. The first-order valence-corrected chi connectivity index (χ1v) is 8.77. The predicted molar refractivity (Wildman–Crippen MR) is 100 cm³/mol. The third kappa shape index (κ3) is 5.24. The second-order valence-corrected chi connectivity index (χ2v) is 6.02. The van der Waals surface area contributed by atoms with Crippen LogP contribution >= 0.6 is 0 Å². The van der Waals surface area contributed by atoms with E-state index in [-0.39, 0.29) is 11.9 Å². The Labute approximate surface area is 150 Å². The molecule has 0 bridgehead atoms. The van der Waals surface area contributed by atoms with E-state index in [9.17, 15) is 4.79 Å². The summed E-state index contributed by atoms with van der Waals surface area (Å²) in [6.07, 6.45) is 1.08. The number of methoxy groups -OCH3 is 1. The van der Waals surface area contributed by atoms with E-state index in [4.69, 9.17) is 9.47 Å². The molecule has 0 spiro atoms. The number of amides is 1. The summed E-state index contributed by atoms with van der Waals surface area (Å²) in [4.78, 5) is 12.5. The Morgan fingerprint density at radius 3 is 2.12 bits per heavy atom. The normalized spacial score (nSPS) is 13.0. The minimum absolute atomic E-state index is 0.0630. The number of hydrogen-bond donors (Lipinski definition) is 1. The Morgan fingerprint density at radius 2 is 1.60 bits per heavy atom. The molecule has 2 rings (SSSR count). The van der Waals surface area contributed by atoms with E-state index in [1.165, 1.54) is 5.56 Å². The molecule has 2 aromatic carbocycles. The fourth-order valence-corrected chi connectivity index (χ4v) is 2.57. The predicted octanol–water partition coefficient (Wildman–Crippen LogP) is 4.29. The number of benzene rings is 2. The molecular formula is C21H27NO3. The molecule has 0 saturated heterocycles. The summed E-state index contributed by atoms with van der Waals surface area (Å²) in [5, 5.41) is 3.04. The van der Waals surface area contributed by atoms with E-state index >= 15 is 0 Å². The van der Waals surface area contributed by atoms with Gasteiger partial charge in [-0.25, -0.2) is 0 Å². The van der Waals surface area contributed by atoms with Crippen LogP contribution in [0, 0.1) is 0 Å². The Kier molecular flexibility index (Phi) is 6.87. The molecule has 134 valence electrons. The highest BCUT2D eigenvalue weighted by molar-refractivity contribution is 5.81. The van der Waals surface area contributed by atoms with Crippen LogP contribution in [0.15, 0.2) is 48.5 Å². The molecule has 1 amide bonds. The van der Waals surface area contributed by atoms with Crippen LogP contribution in [0.25, 0.3) is 0 Å². The molecular weight excluding hydrogens is 314 g/mol. The van der Waals surface area contributed by atoms with Gasteiger partial charge in [0.25, 0.3) is 5.91 Å². The van der Waals surface area contributed by atoms with Crippen LogP contribution in [0.3, 0.4) is 0 Å². The first-order chi connectivity index (χ1) is 12.1. The number of rotatable bonds is 8. The summed E-state index contributed by atoms with van der Waals surface area (Å²) < 4.78 is 11.0. The molecule has 0 unspecified atom stereocenters. The Morgan fingerprint density at radius 1 is 1.00 bits per heavy atom. The monoisotopic (exact) mass is 341 g/mol. The first kappa shape index (κ1) is 18.8. The highest BCUT2D eigenvalue weighted by Gasteiger charge is 2.20. The molecule has 0 aliphatic carbocycles. The second-order valence-electron chi connectivity index (χ2n) is 6.02. The smallest absolute Gasteiger partial charge is 0.261 e. The second kappa shape index (κ2) is 9.11. The highest BCUT2D eigenvalue weighted by Crippen LogP contribution is 2.20. The van der Waals surface area contributed by atoms with Gasteiger partial charge in [0, 0.05) is 0 Å². The molecule has 2 aromatic rings. The maximum atomic E-state index is 12.5. The van der Waals surface area contributed by atoms with Crippen molar-refractivity contribution in [3.8, 4) is 11.5 Å². The lowest BCUT2D eigenvalue weighted by atomic mass is 10.0. The van der Waals surface area contributed by atoms with Crippen LogP contribution in [0.4, 0.5) is 0 Å². The van der Waals surface area contributed by atoms with Gasteiger partial charge in [-0.2, -0.15) is 0 Å².